The predicted molar refractivity (Wildman–Crippen MR) is 88.2 cm³/mol. The van der Waals surface area contributed by atoms with Crippen LogP contribution >= 0.6 is 27.5 Å². The number of nitrogens with zero attached hydrogens (tertiary/aromatic N) is 1. The highest BCUT2D eigenvalue weighted by molar-refractivity contribution is 9.10. The largest absolute Gasteiger partial charge is 0.491 e. The highest BCUT2D eigenvalue weighted by Gasteiger charge is 2.11. The second-order valence-electron chi connectivity index (χ2n) is 5.05. The van der Waals surface area contributed by atoms with Crippen molar-refractivity contribution in [2.75, 3.05) is 19.7 Å². The number of halogens is 2. The van der Waals surface area contributed by atoms with Crippen LogP contribution in [0.3, 0.4) is 0 Å². The number of benzene rings is 1. The van der Waals surface area contributed by atoms with E-state index in [1.165, 1.54) is 0 Å². The van der Waals surface area contributed by atoms with E-state index in [4.69, 9.17) is 21.4 Å². The summed E-state index contributed by atoms with van der Waals surface area (Å²) >= 11 is 9.30. The van der Waals surface area contributed by atoms with Crippen LogP contribution in [0.1, 0.15) is 26.7 Å². The standard InChI is InChI=1S/C15H21BrClNO3/c1-11(2)18(7-3-4-15(19)20)8-9-21-14-6-5-12(17)10-13(14)16/h5-6,10-11H,3-4,7-9H2,1-2H3,(H,19,20). The van der Waals surface area contributed by atoms with Gasteiger partial charge < -0.3 is 9.84 Å². The van der Waals surface area contributed by atoms with Gasteiger partial charge in [-0.3, -0.25) is 9.69 Å². The first-order valence-electron chi connectivity index (χ1n) is 6.94. The molecule has 1 rings (SSSR count). The van der Waals surface area contributed by atoms with Crippen LogP contribution < -0.4 is 4.74 Å². The van der Waals surface area contributed by atoms with Gasteiger partial charge in [-0.2, -0.15) is 0 Å². The first-order chi connectivity index (χ1) is 9.90. The molecule has 0 aliphatic heterocycles. The summed E-state index contributed by atoms with van der Waals surface area (Å²) in [5.41, 5.74) is 0. The van der Waals surface area contributed by atoms with Gasteiger partial charge in [0.25, 0.3) is 0 Å². The molecule has 0 radical (unpaired) electrons. The SMILES string of the molecule is CC(C)N(CCCC(=O)O)CCOc1ccc(Cl)cc1Br. The summed E-state index contributed by atoms with van der Waals surface area (Å²) in [5.74, 6) is 0.00805. The van der Waals surface area contributed by atoms with Crippen molar-refractivity contribution in [3.05, 3.63) is 27.7 Å². The van der Waals surface area contributed by atoms with Gasteiger partial charge in [-0.1, -0.05) is 11.6 Å². The minimum absolute atomic E-state index is 0.201. The molecule has 118 valence electrons. The maximum atomic E-state index is 10.6. The highest BCUT2D eigenvalue weighted by Crippen LogP contribution is 2.27. The van der Waals surface area contributed by atoms with Gasteiger partial charge in [-0.25, -0.2) is 0 Å². The van der Waals surface area contributed by atoms with Crippen molar-refractivity contribution in [2.45, 2.75) is 32.7 Å². The normalized spacial score (nSPS) is 11.1. The average Bonchev–Trinajstić information content (AvgIpc) is 2.38. The molecule has 0 unspecified atom stereocenters. The molecule has 4 nitrogen and oxygen atoms in total. The molecule has 0 aliphatic carbocycles. The molecule has 0 atom stereocenters. The second-order valence-corrected chi connectivity index (χ2v) is 6.34. The van der Waals surface area contributed by atoms with Gasteiger partial charge in [0.1, 0.15) is 12.4 Å². The van der Waals surface area contributed by atoms with Crippen LogP contribution in [0.5, 0.6) is 5.75 Å². The lowest BCUT2D eigenvalue weighted by Crippen LogP contribution is -2.35. The fourth-order valence-electron chi connectivity index (χ4n) is 1.93. The summed E-state index contributed by atoms with van der Waals surface area (Å²) in [5, 5.41) is 9.34. The van der Waals surface area contributed by atoms with Gasteiger partial charge in [-0.05, 0) is 60.9 Å². The average molecular weight is 379 g/mol. The Bertz CT molecular complexity index is 468. The van der Waals surface area contributed by atoms with Gasteiger partial charge in [0, 0.05) is 24.0 Å². The van der Waals surface area contributed by atoms with Crippen molar-refractivity contribution in [3.63, 3.8) is 0 Å². The Kier molecular flexibility index (Phi) is 8.07. The topological polar surface area (TPSA) is 49.8 Å². The number of rotatable bonds is 9. The van der Waals surface area contributed by atoms with E-state index < -0.39 is 5.97 Å². The van der Waals surface area contributed by atoms with E-state index in [0.29, 0.717) is 24.1 Å². The molecular formula is C15H21BrClNO3. The summed E-state index contributed by atoms with van der Waals surface area (Å²) in [7, 11) is 0. The Hall–Kier alpha value is -0.780. The highest BCUT2D eigenvalue weighted by atomic mass is 79.9. The number of aliphatic carboxylic acids is 1. The monoisotopic (exact) mass is 377 g/mol. The van der Waals surface area contributed by atoms with Crippen LogP contribution in [0.15, 0.2) is 22.7 Å². The number of carbonyl (C=O) groups is 1. The third kappa shape index (κ3) is 7.16. The second kappa shape index (κ2) is 9.28. The number of carboxylic acid groups (broad SMARTS) is 1. The first-order valence-corrected chi connectivity index (χ1v) is 8.11. The molecule has 1 N–H and O–H groups in total. The zero-order valence-electron chi connectivity index (χ0n) is 12.3. The van der Waals surface area contributed by atoms with Crippen molar-refractivity contribution in [1.82, 2.24) is 4.90 Å². The summed E-state index contributed by atoms with van der Waals surface area (Å²) in [6.45, 7) is 6.25. The van der Waals surface area contributed by atoms with Crippen molar-refractivity contribution in [2.24, 2.45) is 0 Å². The lowest BCUT2D eigenvalue weighted by Gasteiger charge is -2.26. The Morgan fingerprint density at radius 3 is 2.71 bits per heavy atom. The third-order valence-corrected chi connectivity index (χ3v) is 3.95. The third-order valence-electron chi connectivity index (χ3n) is 3.10. The Balaban J connectivity index is 2.40. The number of hydrogen-bond acceptors (Lipinski definition) is 3. The lowest BCUT2D eigenvalue weighted by atomic mass is 10.2. The van der Waals surface area contributed by atoms with E-state index in [9.17, 15) is 4.79 Å². The van der Waals surface area contributed by atoms with E-state index >= 15 is 0 Å². The molecule has 0 fully saturated rings. The van der Waals surface area contributed by atoms with Crippen LogP contribution in [-0.4, -0.2) is 41.7 Å². The van der Waals surface area contributed by atoms with E-state index in [2.05, 4.69) is 34.7 Å². The molecule has 0 saturated heterocycles. The molecule has 0 aromatic heterocycles. The number of carboxylic acids is 1. The maximum absolute atomic E-state index is 10.6. The fraction of sp³-hybridized carbons (Fsp3) is 0.533. The molecule has 0 bridgehead atoms. The smallest absolute Gasteiger partial charge is 0.303 e. The van der Waals surface area contributed by atoms with Gasteiger partial charge in [0.05, 0.1) is 4.47 Å². The molecule has 0 amide bonds. The zero-order valence-corrected chi connectivity index (χ0v) is 14.7. The quantitative estimate of drug-likeness (QED) is 0.704. The molecular weight excluding hydrogens is 358 g/mol. The van der Waals surface area contributed by atoms with E-state index in [-0.39, 0.29) is 6.42 Å². The minimum Gasteiger partial charge on any atom is -0.491 e. The molecule has 1 aromatic carbocycles. The maximum Gasteiger partial charge on any atom is 0.303 e. The molecule has 21 heavy (non-hydrogen) atoms. The summed E-state index contributed by atoms with van der Waals surface area (Å²) in [6, 6.07) is 5.77. The molecule has 0 aliphatic rings. The van der Waals surface area contributed by atoms with Crippen molar-refractivity contribution in [3.8, 4) is 5.75 Å². The van der Waals surface area contributed by atoms with Crippen molar-refractivity contribution in [1.29, 1.82) is 0 Å². The van der Waals surface area contributed by atoms with Crippen LogP contribution in [0.2, 0.25) is 5.02 Å². The van der Waals surface area contributed by atoms with Crippen LogP contribution in [-0.2, 0) is 4.79 Å². The number of ether oxygens (including phenoxy) is 1. The zero-order chi connectivity index (χ0) is 15.8. The molecule has 1 aromatic rings. The summed E-state index contributed by atoms with van der Waals surface area (Å²) in [4.78, 5) is 12.8. The minimum atomic E-state index is -0.750. The summed E-state index contributed by atoms with van der Waals surface area (Å²) < 4.78 is 6.57. The van der Waals surface area contributed by atoms with Gasteiger partial charge >= 0.3 is 5.97 Å². The first kappa shape index (κ1) is 18.3. The Morgan fingerprint density at radius 2 is 2.14 bits per heavy atom. The Morgan fingerprint density at radius 1 is 1.43 bits per heavy atom. The van der Waals surface area contributed by atoms with Crippen LogP contribution in [0.4, 0.5) is 0 Å². The van der Waals surface area contributed by atoms with Crippen molar-refractivity contribution < 1.29 is 14.6 Å². The lowest BCUT2D eigenvalue weighted by molar-refractivity contribution is -0.137. The molecule has 0 spiro atoms. The molecule has 0 heterocycles. The van der Waals surface area contributed by atoms with E-state index in [1.807, 2.05) is 6.07 Å². The van der Waals surface area contributed by atoms with Crippen LogP contribution in [0.25, 0.3) is 0 Å². The summed E-state index contributed by atoms with van der Waals surface area (Å²) in [6.07, 6.45) is 0.852. The van der Waals surface area contributed by atoms with Crippen molar-refractivity contribution >= 4 is 33.5 Å². The fourth-order valence-corrected chi connectivity index (χ4v) is 2.72. The number of hydrogen-bond donors (Lipinski definition) is 1. The van der Waals surface area contributed by atoms with Gasteiger partial charge in [0.2, 0.25) is 0 Å². The van der Waals surface area contributed by atoms with Gasteiger partial charge in [0.15, 0.2) is 0 Å². The molecule has 6 heteroatoms. The van der Waals surface area contributed by atoms with E-state index in [1.54, 1.807) is 12.1 Å². The predicted octanol–water partition coefficient (Wildman–Crippen LogP) is 4.06. The Labute approximate surface area is 139 Å². The van der Waals surface area contributed by atoms with E-state index in [0.717, 1.165) is 23.3 Å². The van der Waals surface area contributed by atoms with Gasteiger partial charge in [-0.15, -0.1) is 0 Å². The van der Waals surface area contributed by atoms with Crippen LogP contribution in [0, 0.1) is 0 Å². The molecule has 0 saturated carbocycles.